The molecule has 0 saturated heterocycles. The molecule has 2 aromatic carbocycles. The van der Waals surface area contributed by atoms with E-state index in [1.165, 1.54) is 6.07 Å². The van der Waals surface area contributed by atoms with E-state index in [1.54, 1.807) is 12.1 Å². The molecule has 2 rings (SSSR count). The van der Waals surface area contributed by atoms with Gasteiger partial charge in [0.05, 0.1) is 11.6 Å². The van der Waals surface area contributed by atoms with Gasteiger partial charge >= 0.3 is 0 Å². The van der Waals surface area contributed by atoms with E-state index in [9.17, 15) is 4.39 Å². The van der Waals surface area contributed by atoms with Crippen molar-refractivity contribution in [1.82, 2.24) is 5.32 Å². The van der Waals surface area contributed by atoms with Crippen LogP contribution >= 0.6 is 11.6 Å². The first-order valence-electron chi connectivity index (χ1n) is 6.27. The van der Waals surface area contributed by atoms with Gasteiger partial charge in [0.1, 0.15) is 5.82 Å². The van der Waals surface area contributed by atoms with Crippen molar-refractivity contribution >= 4 is 11.6 Å². The van der Waals surface area contributed by atoms with Crippen LogP contribution in [0.15, 0.2) is 42.5 Å². The summed E-state index contributed by atoms with van der Waals surface area (Å²) in [5.41, 5.74) is 1.96. The third-order valence-corrected chi connectivity index (χ3v) is 3.40. The predicted molar refractivity (Wildman–Crippen MR) is 77.8 cm³/mol. The lowest BCUT2D eigenvalue weighted by molar-refractivity contribution is 0.544. The number of nitrogens with one attached hydrogen (secondary N) is 1. The zero-order chi connectivity index (χ0) is 14.5. The fourth-order valence-electron chi connectivity index (χ4n) is 1.89. The molecule has 1 atom stereocenters. The molecule has 102 valence electrons. The third kappa shape index (κ3) is 3.57. The molecule has 0 fully saturated rings. The van der Waals surface area contributed by atoms with E-state index in [2.05, 4.69) is 5.32 Å². The van der Waals surface area contributed by atoms with E-state index in [0.29, 0.717) is 22.7 Å². The second-order valence-corrected chi connectivity index (χ2v) is 5.01. The normalized spacial score (nSPS) is 11.9. The van der Waals surface area contributed by atoms with Crippen LogP contribution in [0, 0.1) is 17.1 Å². The Morgan fingerprint density at radius 3 is 2.55 bits per heavy atom. The van der Waals surface area contributed by atoms with Crippen LogP contribution in [0.1, 0.15) is 29.7 Å². The van der Waals surface area contributed by atoms with Crippen LogP contribution in [-0.2, 0) is 6.54 Å². The van der Waals surface area contributed by atoms with Gasteiger partial charge in [0, 0.05) is 23.2 Å². The standard InChI is InChI=1S/C16H14ClFN2/c1-11(13-4-6-15(17)7-5-13)20-10-14-3-2-12(9-19)8-16(14)18/h2-8,11,20H,10H2,1H3/t11-/m0/s1. The molecule has 2 nitrogen and oxygen atoms in total. The Hall–Kier alpha value is -1.89. The molecule has 0 radical (unpaired) electrons. The van der Waals surface area contributed by atoms with Gasteiger partial charge in [-0.25, -0.2) is 4.39 Å². The Bertz CT molecular complexity index is 632. The lowest BCUT2D eigenvalue weighted by Gasteiger charge is -2.14. The maximum absolute atomic E-state index is 13.7. The van der Waals surface area contributed by atoms with Crippen molar-refractivity contribution in [1.29, 1.82) is 5.26 Å². The van der Waals surface area contributed by atoms with Gasteiger partial charge in [-0.2, -0.15) is 5.26 Å². The van der Waals surface area contributed by atoms with Crippen molar-refractivity contribution in [2.45, 2.75) is 19.5 Å². The molecular formula is C16H14ClFN2. The average Bonchev–Trinajstić information content (AvgIpc) is 2.46. The van der Waals surface area contributed by atoms with Crippen molar-refractivity contribution in [2.24, 2.45) is 0 Å². The van der Waals surface area contributed by atoms with Crippen LogP contribution in [0.5, 0.6) is 0 Å². The molecular weight excluding hydrogens is 275 g/mol. The molecule has 4 heteroatoms. The van der Waals surface area contributed by atoms with Crippen molar-refractivity contribution in [2.75, 3.05) is 0 Å². The SMILES string of the molecule is C[C@H](NCc1ccc(C#N)cc1F)c1ccc(Cl)cc1. The predicted octanol–water partition coefficient (Wildman–Crippen LogP) is 4.20. The fourth-order valence-corrected chi connectivity index (χ4v) is 2.02. The highest BCUT2D eigenvalue weighted by Crippen LogP contribution is 2.17. The minimum atomic E-state index is -0.361. The summed E-state index contributed by atoms with van der Waals surface area (Å²) in [4.78, 5) is 0. The molecule has 0 saturated carbocycles. The van der Waals surface area contributed by atoms with Crippen LogP contribution in [0.4, 0.5) is 4.39 Å². The first-order chi connectivity index (χ1) is 9.60. The summed E-state index contributed by atoms with van der Waals surface area (Å²) >= 11 is 5.84. The minimum absolute atomic E-state index is 0.0855. The number of nitrogens with zero attached hydrogens (tertiary/aromatic N) is 1. The summed E-state index contributed by atoms with van der Waals surface area (Å²) in [7, 11) is 0. The first kappa shape index (κ1) is 14.5. The van der Waals surface area contributed by atoms with Crippen molar-refractivity contribution < 1.29 is 4.39 Å². The van der Waals surface area contributed by atoms with Gasteiger partial charge < -0.3 is 5.32 Å². The molecule has 0 heterocycles. The molecule has 0 unspecified atom stereocenters. The lowest BCUT2D eigenvalue weighted by Crippen LogP contribution is -2.18. The Morgan fingerprint density at radius 2 is 1.95 bits per heavy atom. The fraction of sp³-hybridized carbons (Fsp3) is 0.188. The van der Waals surface area contributed by atoms with Crippen LogP contribution in [0.3, 0.4) is 0 Å². The van der Waals surface area contributed by atoms with Gasteiger partial charge in [0.25, 0.3) is 0 Å². The number of halogens is 2. The number of hydrogen-bond acceptors (Lipinski definition) is 2. The average molecular weight is 289 g/mol. The molecule has 0 amide bonds. The van der Waals surface area contributed by atoms with Gasteiger partial charge in [-0.3, -0.25) is 0 Å². The van der Waals surface area contributed by atoms with Crippen LogP contribution in [0.25, 0.3) is 0 Å². The molecule has 0 spiro atoms. The summed E-state index contributed by atoms with van der Waals surface area (Å²) in [6, 6.07) is 14.1. The van der Waals surface area contributed by atoms with Gasteiger partial charge in [-0.05, 0) is 36.8 Å². The summed E-state index contributed by atoms with van der Waals surface area (Å²) in [6.07, 6.45) is 0. The molecule has 2 aromatic rings. The molecule has 20 heavy (non-hydrogen) atoms. The number of nitriles is 1. The number of rotatable bonds is 4. The second-order valence-electron chi connectivity index (χ2n) is 4.57. The topological polar surface area (TPSA) is 35.8 Å². The van der Waals surface area contributed by atoms with Gasteiger partial charge in [-0.15, -0.1) is 0 Å². The molecule has 0 aliphatic heterocycles. The first-order valence-corrected chi connectivity index (χ1v) is 6.65. The van der Waals surface area contributed by atoms with Gasteiger partial charge in [0.2, 0.25) is 0 Å². The summed E-state index contributed by atoms with van der Waals surface area (Å²) in [5, 5.41) is 12.6. The van der Waals surface area contributed by atoms with Crippen LogP contribution < -0.4 is 5.32 Å². The highest BCUT2D eigenvalue weighted by Gasteiger charge is 2.07. The maximum Gasteiger partial charge on any atom is 0.129 e. The van der Waals surface area contributed by atoms with E-state index in [-0.39, 0.29) is 11.9 Å². The van der Waals surface area contributed by atoms with E-state index in [4.69, 9.17) is 16.9 Å². The minimum Gasteiger partial charge on any atom is -0.306 e. The summed E-state index contributed by atoms with van der Waals surface area (Å²) in [6.45, 7) is 2.41. The third-order valence-electron chi connectivity index (χ3n) is 3.15. The highest BCUT2D eigenvalue weighted by molar-refractivity contribution is 6.30. The zero-order valence-corrected chi connectivity index (χ0v) is 11.8. The Morgan fingerprint density at radius 1 is 1.25 bits per heavy atom. The van der Waals surface area contributed by atoms with Crippen LogP contribution in [0.2, 0.25) is 5.02 Å². The lowest BCUT2D eigenvalue weighted by atomic mass is 10.1. The Labute approximate surface area is 122 Å². The number of benzene rings is 2. The van der Waals surface area contributed by atoms with Gasteiger partial charge in [-0.1, -0.05) is 29.8 Å². The smallest absolute Gasteiger partial charge is 0.129 e. The van der Waals surface area contributed by atoms with Crippen molar-refractivity contribution in [3.05, 3.63) is 70.0 Å². The van der Waals surface area contributed by atoms with Crippen molar-refractivity contribution in [3.8, 4) is 6.07 Å². The van der Waals surface area contributed by atoms with E-state index in [1.807, 2.05) is 37.3 Å². The van der Waals surface area contributed by atoms with Crippen molar-refractivity contribution in [3.63, 3.8) is 0 Å². The molecule has 0 aromatic heterocycles. The van der Waals surface area contributed by atoms with Gasteiger partial charge in [0.15, 0.2) is 0 Å². The molecule has 0 bridgehead atoms. The van der Waals surface area contributed by atoms with E-state index < -0.39 is 0 Å². The Kier molecular flexibility index (Phi) is 4.73. The molecule has 1 N–H and O–H groups in total. The van der Waals surface area contributed by atoms with E-state index in [0.717, 1.165) is 5.56 Å². The highest BCUT2D eigenvalue weighted by atomic mass is 35.5. The quantitative estimate of drug-likeness (QED) is 0.915. The van der Waals surface area contributed by atoms with E-state index >= 15 is 0 Å². The molecule has 0 aliphatic carbocycles. The summed E-state index contributed by atoms with van der Waals surface area (Å²) < 4.78 is 13.7. The largest absolute Gasteiger partial charge is 0.306 e. The summed E-state index contributed by atoms with van der Waals surface area (Å²) in [5.74, 6) is -0.361. The number of hydrogen-bond donors (Lipinski definition) is 1. The van der Waals surface area contributed by atoms with Crippen LogP contribution in [-0.4, -0.2) is 0 Å². The second kappa shape index (κ2) is 6.51. The Balaban J connectivity index is 2.01. The molecule has 0 aliphatic rings. The monoisotopic (exact) mass is 288 g/mol. The maximum atomic E-state index is 13.7. The zero-order valence-electron chi connectivity index (χ0n) is 11.0.